The molecule has 0 aromatic heterocycles. The van der Waals surface area contributed by atoms with E-state index in [0.717, 1.165) is 108 Å². The second-order valence-electron chi connectivity index (χ2n) is 27.3. The first kappa shape index (κ1) is 88.1. The molecule has 0 aliphatic heterocycles. The molecule has 0 saturated carbocycles. The Balaban J connectivity index is 5.20. The Kier molecular flexibility index (Phi) is 59.4. The Morgan fingerprint density at radius 1 is 0.311 bits per heavy atom. The average molecular weight is 1330 g/mol. The zero-order valence-corrected chi connectivity index (χ0v) is 60.6. The van der Waals surface area contributed by atoms with Crippen molar-refractivity contribution >= 4 is 39.5 Å². The van der Waals surface area contributed by atoms with Gasteiger partial charge in [-0.05, 0) is 49.4 Å². The Hall–Kier alpha value is -1.94. The highest BCUT2D eigenvalue weighted by molar-refractivity contribution is 7.47. The molecule has 0 fully saturated rings. The molecule has 0 spiro atoms. The number of hydrogen-bond acceptors (Lipinski definition) is 15. The summed E-state index contributed by atoms with van der Waals surface area (Å²) in [7, 11) is -9.90. The minimum Gasteiger partial charge on any atom is -0.462 e. The van der Waals surface area contributed by atoms with Crippen LogP contribution in [0.2, 0.25) is 0 Å². The van der Waals surface area contributed by atoms with Crippen molar-refractivity contribution in [2.45, 2.75) is 369 Å². The fourth-order valence-electron chi connectivity index (χ4n) is 10.6. The fourth-order valence-corrected chi connectivity index (χ4v) is 12.2. The van der Waals surface area contributed by atoms with Gasteiger partial charge in [-0.1, -0.05) is 299 Å². The summed E-state index contributed by atoms with van der Waals surface area (Å²) < 4.78 is 68.3. The van der Waals surface area contributed by atoms with E-state index in [0.29, 0.717) is 37.5 Å². The van der Waals surface area contributed by atoms with E-state index >= 15 is 0 Å². The van der Waals surface area contributed by atoms with Crippen molar-refractivity contribution < 1.29 is 80.2 Å². The number of aliphatic hydroxyl groups excluding tert-OH is 1. The number of carbonyl (C=O) groups excluding carboxylic acids is 4. The second-order valence-corrected chi connectivity index (χ2v) is 30.2. The standard InChI is InChI=1S/C71H138O17P2/c1-9-64(8)50-42-34-25-19-14-12-10-11-13-15-21-27-37-45-53-70(75)87-67(58-82-69(74)52-44-36-30-29-33-41-49-63(6)7)60-86-90(79,80)84-56-65(72)55-83-89(77,78)85-59-66(88-71(76)54-46-38-28-22-24-32-40-48-62(4)5)57-81-68(73)51-43-35-26-20-17-16-18-23-31-39-47-61(2)3/h61-67,72H,9-60H2,1-8H3,(H,77,78)(H,79,80)/t64?,65-,66-,67-/m1/s1. The van der Waals surface area contributed by atoms with Crippen molar-refractivity contribution in [2.24, 2.45) is 23.7 Å². The van der Waals surface area contributed by atoms with Crippen molar-refractivity contribution in [3.8, 4) is 0 Å². The lowest BCUT2D eigenvalue weighted by Crippen LogP contribution is -2.30. The van der Waals surface area contributed by atoms with Gasteiger partial charge in [-0.2, -0.15) is 0 Å². The molecule has 0 aliphatic rings. The molecule has 90 heavy (non-hydrogen) atoms. The van der Waals surface area contributed by atoms with Gasteiger partial charge in [-0.15, -0.1) is 0 Å². The molecule has 0 bridgehead atoms. The number of esters is 4. The number of carbonyl (C=O) groups is 4. The van der Waals surface area contributed by atoms with Crippen LogP contribution in [-0.4, -0.2) is 96.7 Å². The quantitative estimate of drug-likeness (QED) is 0.0222. The molecule has 6 atom stereocenters. The van der Waals surface area contributed by atoms with Crippen LogP contribution in [0, 0.1) is 23.7 Å². The number of ether oxygens (including phenoxy) is 4. The normalized spacial score (nSPS) is 14.6. The maximum absolute atomic E-state index is 13.0. The van der Waals surface area contributed by atoms with Crippen LogP contribution in [0.3, 0.4) is 0 Å². The third kappa shape index (κ3) is 63.5. The summed E-state index contributed by atoms with van der Waals surface area (Å²) in [6.45, 7) is 14.1. The van der Waals surface area contributed by atoms with Gasteiger partial charge in [0.1, 0.15) is 19.3 Å². The van der Waals surface area contributed by atoms with Gasteiger partial charge in [0, 0.05) is 25.7 Å². The molecule has 19 heteroatoms. The molecule has 17 nitrogen and oxygen atoms in total. The van der Waals surface area contributed by atoms with Gasteiger partial charge in [0.2, 0.25) is 0 Å². The molecule has 0 aliphatic carbocycles. The van der Waals surface area contributed by atoms with Gasteiger partial charge in [0.25, 0.3) is 0 Å². The summed E-state index contributed by atoms with van der Waals surface area (Å²) in [5.74, 6) is 0.848. The van der Waals surface area contributed by atoms with Crippen LogP contribution in [0.5, 0.6) is 0 Å². The molecule has 0 rings (SSSR count). The predicted octanol–water partition coefficient (Wildman–Crippen LogP) is 20.1. The van der Waals surface area contributed by atoms with E-state index in [1.165, 1.54) is 148 Å². The summed E-state index contributed by atoms with van der Waals surface area (Å²) in [5, 5.41) is 10.6. The number of hydrogen-bond donors (Lipinski definition) is 3. The van der Waals surface area contributed by atoms with Crippen LogP contribution in [0.4, 0.5) is 0 Å². The highest BCUT2D eigenvalue weighted by Crippen LogP contribution is 2.45. The SMILES string of the molecule is CCC(C)CCCCCCCCCCCCCCCCC(=O)O[C@H](COC(=O)CCCCCCCCC(C)C)COP(=O)(O)OC[C@H](O)COP(=O)(O)OC[C@@H](COC(=O)CCCCCCCCCCCCC(C)C)OC(=O)CCCCCCCCCC(C)C. The highest BCUT2D eigenvalue weighted by Gasteiger charge is 2.30. The summed E-state index contributed by atoms with van der Waals surface area (Å²) in [6.07, 6.45) is 43.3. The van der Waals surface area contributed by atoms with Gasteiger partial charge in [-0.25, -0.2) is 9.13 Å². The van der Waals surface area contributed by atoms with Gasteiger partial charge in [-0.3, -0.25) is 37.3 Å². The molecule has 3 N–H and O–H groups in total. The molecule has 0 heterocycles. The monoisotopic (exact) mass is 1320 g/mol. The molecule has 0 aromatic rings. The van der Waals surface area contributed by atoms with Gasteiger partial charge >= 0.3 is 39.5 Å². The first-order valence-corrected chi connectivity index (χ1v) is 39.7. The minimum absolute atomic E-state index is 0.103. The summed E-state index contributed by atoms with van der Waals surface area (Å²) in [4.78, 5) is 72.5. The first-order chi connectivity index (χ1) is 43.1. The number of phosphoric ester groups is 2. The number of rotatable bonds is 68. The average Bonchev–Trinajstić information content (AvgIpc) is 2.71. The number of aliphatic hydroxyl groups is 1. The lowest BCUT2D eigenvalue weighted by molar-refractivity contribution is -0.161. The predicted molar refractivity (Wildman–Crippen MR) is 363 cm³/mol. The van der Waals surface area contributed by atoms with Crippen molar-refractivity contribution in [1.82, 2.24) is 0 Å². The number of phosphoric acid groups is 2. The van der Waals surface area contributed by atoms with Crippen LogP contribution in [-0.2, 0) is 65.4 Å². The van der Waals surface area contributed by atoms with E-state index in [4.69, 9.17) is 37.0 Å². The summed E-state index contributed by atoms with van der Waals surface area (Å²) >= 11 is 0. The zero-order chi connectivity index (χ0) is 66.8. The van der Waals surface area contributed by atoms with E-state index in [1.54, 1.807) is 0 Å². The van der Waals surface area contributed by atoms with Gasteiger partial charge in [0.15, 0.2) is 12.2 Å². The van der Waals surface area contributed by atoms with Gasteiger partial charge < -0.3 is 33.8 Å². The zero-order valence-electron chi connectivity index (χ0n) is 58.8. The van der Waals surface area contributed by atoms with Crippen LogP contribution in [0.25, 0.3) is 0 Å². The highest BCUT2D eigenvalue weighted by atomic mass is 31.2. The maximum atomic E-state index is 13.0. The Morgan fingerprint density at radius 2 is 0.533 bits per heavy atom. The number of unbranched alkanes of at least 4 members (excludes halogenated alkanes) is 33. The van der Waals surface area contributed by atoms with Gasteiger partial charge in [0.05, 0.1) is 26.4 Å². The molecule has 0 aromatic carbocycles. The molecule has 0 amide bonds. The molecule has 3 unspecified atom stereocenters. The smallest absolute Gasteiger partial charge is 0.462 e. The van der Waals surface area contributed by atoms with E-state index in [9.17, 15) is 43.2 Å². The van der Waals surface area contributed by atoms with Crippen LogP contribution in [0.15, 0.2) is 0 Å². The fraction of sp³-hybridized carbons (Fsp3) is 0.944. The minimum atomic E-state index is -4.95. The van der Waals surface area contributed by atoms with E-state index in [2.05, 4.69) is 55.4 Å². The third-order valence-electron chi connectivity index (χ3n) is 16.7. The van der Waals surface area contributed by atoms with E-state index in [1.807, 2.05) is 0 Å². The van der Waals surface area contributed by atoms with Crippen molar-refractivity contribution in [3.05, 3.63) is 0 Å². The molecule has 534 valence electrons. The molecular weight excluding hydrogens is 1190 g/mol. The molecular formula is C71H138O17P2. The van der Waals surface area contributed by atoms with Crippen LogP contribution >= 0.6 is 15.6 Å². The lowest BCUT2D eigenvalue weighted by atomic mass is 9.99. The molecule has 0 saturated heterocycles. The molecule has 0 radical (unpaired) electrons. The Morgan fingerprint density at radius 3 is 0.789 bits per heavy atom. The summed E-state index contributed by atoms with van der Waals surface area (Å²) in [6, 6.07) is 0. The van der Waals surface area contributed by atoms with Crippen molar-refractivity contribution in [1.29, 1.82) is 0 Å². The van der Waals surface area contributed by atoms with Crippen LogP contribution in [0.1, 0.15) is 351 Å². The largest absolute Gasteiger partial charge is 0.472 e. The van der Waals surface area contributed by atoms with E-state index in [-0.39, 0.29) is 25.7 Å². The first-order valence-electron chi connectivity index (χ1n) is 36.7. The second kappa shape index (κ2) is 60.7. The Bertz CT molecular complexity index is 1780. The summed E-state index contributed by atoms with van der Waals surface area (Å²) in [5.41, 5.74) is 0. The van der Waals surface area contributed by atoms with Crippen LogP contribution < -0.4 is 0 Å². The van der Waals surface area contributed by atoms with E-state index < -0.39 is 97.5 Å². The Labute approximate surface area is 549 Å². The third-order valence-corrected chi connectivity index (χ3v) is 18.6. The van der Waals surface area contributed by atoms with Crippen molar-refractivity contribution in [3.63, 3.8) is 0 Å². The topological polar surface area (TPSA) is 237 Å². The maximum Gasteiger partial charge on any atom is 0.472 e. The lowest BCUT2D eigenvalue weighted by Gasteiger charge is -2.21. The van der Waals surface area contributed by atoms with Crippen molar-refractivity contribution in [2.75, 3.05) is 39.6 Å².